The van der Waals surface area contributed by atoms with Gasteiger partial charge < -0.3 is 10.2 Å². The molecule has 84 valence electrons. The monoisotopic (exact) mass is 216 g/mol. The fourth-order valence-electron chi connectivity index (χ4n) is 1.94. The predicted octanol–water partition coefficient (Wildman–Crippen LogP) is 1.81. The van der Waals surface area contributed by atoms with Gasteiger partial charge in [0.1, 0.15) is 0 Å². The first-order chi connectivity index (χ1) is 6.72. The summed E-state index contributed by atoms with van der Waals surface area (Å²) < 4.78 is 0. The Balaban J connectivity index is 2.05. The molecule has 1 aliphatic heterocycles. The van der Waals surface area contributed by atoms with Crippen molar-refractivity contribution in [1.82, 2.24) is 10.2 Å². The Labute approximate surface area is 92.8 Å². The van der Waals surface area contributed by atoms with E-state index in [0.717, 1.165) is 11.3 Å². The van der Waals surface area contributed by atoms with Crippen LogP contribution in [0.3, 0.4) is 0 Å². The van der Waals surface area contributed by atoms with E-state index in [1.165, 1.54) is 38.9 Å². The van der Waals surface area contributed by atoms with Crippen molar-refractivity contribution in [2.24, 2.45) is 0 Å². The first-order valence-electron chi connectivity index (χ1n) is 5.67. The number of hydrogen-bond donors (Lipinski definition) is 1. The molecule has 0 aromatic carbocycles. The smallest absolute Gasteiger partial charge is 0.0195 e. The van der Waals surface area contributed by atoms with Crippen molar-refractivity contribution in [1.29, 1.82) is 0 Å². The SMILES string of the molecule is CSC(C)CCNC1CCCN(C)C1. The minimum Gasteiger partial charge on any atom is -0.313 e. The van der Waals surface area contributed by atoms with E-state index in [9.17, 15) is 0 Å². The molecule has 0 radical (unpaired) electrons. The lowest BCUT2D eigenvalue weighted by Crippen LogP contribution is -2.44. The highest BCUT2D eigenvalue weighted by Gasteiger charge is 2.15. The standard InChI is InChI=1S/C11H24N2S/c1-10(14-3)6-7-12-11-5-4-8-13(2)9-11/h10-12H,4-9H2,1-3H3. The Bertz CT molecular complexity index is 152. The molecule has 2 unspecified atom stereocenters. The van der Waals surface area contributed by atoms with E-state index in [2.05, 4.69) is 30.4 Å². The average Bonchev–Trinajstić information content (AvgIpc) is 2.17. The number of rotatable bonds is 5. The van der Waals surface area contributed by atoms with Gasteiger partial charge in [0, 0.05) is 17.8 Å². The number of nitrogens with one attached hydrogen (secondary N) is 1. The third kappa shape index (κ3) is 4.67. The van der Waals surface area contributed by atoms with Gasteiger partial charge in [0.25, 0.3) is 0 Å². The molecular weight excluding hydrogens is 192 g/mol. The molecule has 0 spiro atoms. The number of hydrogen-bond acceptors (Lipinski definition) is 3. The van der Waals surface area contributed by atoms with E-state index in [4.69, 9.17) is 0 Å². The zero-order chi connectivity index (χ0) is 10.4. The third-order valence-electron chi connectivity index (χ3n) is 3.01. The van der Waals surface area contributed by atoms with Gasteiger partial charge in [-0.25, -0.2) is 0 Å². The maximum atomic E-state index is 3.66. The summed E-state index contributed by atoms with van der Waals surface area (Å²) in [5.74, 6) is 0. The molecule has 1 N–H and O–H groups in total. The molecule has 3 heteroatoms. The molecule has 0 saturated carbocycles. The van der Waals surface area contributed by atoms with Gasteiger partial charge in [-0.3, -0.25) is 0 Å². The fourth-order valence-corrected chi connectivity index (χ4v) is 2.30. The number of thioether (sulfide) groups is 1. The van der Waals surface area contributed by atoms with Crippen LogP contribution in [0.2, 0.25) is 0 Å². The molecule has 0 aromatic rings. The van der Waals surface area contributed by atoms with Crippen LogP contribution >= 0.6 is 11.8 Å². The van der Waals surface area contributed by atoms with E-state index in [0.29, 0.717) is 0 Å². The van der Waals surface area contributed by atoms with Crippen LogP contribution < -0.4 is 5.32 Å². The summed E-state index contributed by atoms with van der Waals surface area (Å²) in [5.41, 5.74) is 0. The Hall–Kier alpha value is 0.270. The quantitative estimate of drug-likeness (QED) is 0.754. The molecule has 1 rings (SSSR count). The fraction of sp³-hybridized carbons (Fsp3) is 1.00. The van der Waals surface area contributed by atoms with Crippen molar-refractivity contribution in [3.63, 3.8) is 0 Å². The van der Waals surface area contributed by atoms with Gasteiger partial charge in [0.05, 0.1) is 0 Å². The third-order valence-corrected chi connectivity index (χ3v) is 4.05. The lowest BCUT2D eigenvalue weighted by atomic mass is 10.1. The molecule has 14 heavy (non-hydrogen) atoms. The molecule has 0 aliphatic carbocycles. The Morgan fingerprint density at radius 3 is 3.00 bits per heavy atom. The molecule has 0 amide bonds. The van der Waals surface area contributed by atoms with E-state index in [1.54, 1.807) is 0 Å². The molecule has 1 fully saturated rings. The first-order valence-corrected chi connectivity index (χ1v) is 6.96. The average molecular weight is 216 g/mol. The molecular formula is C11H24N2S. The summed E-state index contributed by atoms with van der Waals surface area (Å²) in [6.45, 7) is 5.99. The van der Waals surface area contributed by atoms with Gasteiger partial charge in [0.2, 0.25) is 0 Å². The van der Waals surface area contributed by atoms with Crippen molar-refractivity contribution >= 4 is 11.8 Å². The second-order valence-electron chi connectivity index (χ2n) is 4.39. The molecule has 2 nitrogen and oxygen atoms in total. The summed E-state index contributed by atoms with van der Waals surface area (Å²) in [5, 5.41) is 4.46. The normalized spacial score (nSPS) is 26.4. The number of nitrogens with zero attached hydrogens (tertiary/aromatic N) is 1. The van der Waals surface area contributed by atoms with Gasteiger partial charge in [0.15, 0.2) is 0 Å². The minimum absolute atomic E-state index is 0.739. The van der Waals surface area contributed by atoms with Crippen molar-refractivity contribution in [3.8, 4) is 0 Å². The Morgan fingerprint density at radius 1 is 1.57 bits per heavy atom. The molecule has 1 aliphatic rings. The largest absolute Gasteiger partial charge is 0.313 e. The molecule has 0 bridgehead atoms. The van der Waals surface area contributed by atoms with Crippen LogP contribution in [0.4, 0.5) is 0 Å². The maximum Gasteiger partial charge on any atom is 0.0195 e. The predicted molar refractivity (Wildman–Crippen MR) is 66.1 cm³/mol. The van der Waals surface area contributed by atoms with Crippen molar-refractivity contribution in [2.45, 2.75) is 37.5 Å². The van der Waals surface area contributed by atoms with E-state index >= 15 is 0 Å². The second kappa shape index (κ2) is 6.70. The lowest BCUT2D eigenvalue weighted by Gasteiger charge is -2.30. The van der Waals surface area contributed by atoms with Crippen LogP contribution in [0.1, 0.15) is 26.2 Å². The minimum atomic E-state index is 0.739. The van der Waals surface area contributed by atoms with Gasteiger partial charge in [-0.1, -0.05) is 6.92 Å². The zero-order valence-corrected chi connectivity index (χ0v) is 10.6. The van der Waals surface area contributed by atoms with Crippen LogP contribution in [0.15, 0.2) is 0 Å². The molecule has 2 atom stereocenters. The summed E-state index contributed by atoms with van der Waals surface area (Å²) in [7, 11) is 2.22. The van der Waals surface area contributed by atoms with Gasteiger partial charge in [-0.05, 0) is 45.7 Å². The van der Waals surface area contributed by atoms with Crippen LogP contribution in [-0.4, -0.2) is 49.1 Å². The van der Waals surface area contributed by atoms with Crippen LogP contribution in [0.5, 0.6) is 0 Å². The summed E-state index contributed by atoms with van der Waals surface area (Å²) in [6.07, 6.45) is 6.20. The first kappa shape index (κ1) is 12.3. The van der Waals surface area contributed by atoms with E-state index in [1.807, 2.05) is 11.8 Å². The highest BCUT2D eigenvalue weighted by Crippen LogP contribution is 2.10. The van der Waals surface area contributed by atoms with Crippen LogP contribution in [-0.2, 0) is 0 Å². The Morgan fingerprint density at radius 2 is 2.36 bits per heavy atom. The van der Waals surface area contributed by atoms with Gasteiger partial charge in [-0.2, -0.15) is 11.8 Å². The summed E-state index contributed by atoms with van der Waals surface area (Å²) in [4.78, 5) is 2.43. The highest BCUT2D eigenvalue weighted by molar-refractivity contribution is 7.99. The van der Waals surface area contributed by atoms with Crippen molar-refractivity contribution in [3.05, 3.63) is 0 Å². The lowest BCUT2D eigenvalue weighted by molar-refractivity contribution is 0.227. The van der Waals surface area contributed by atoms with Crippen molar-refractivity contribution < 1.29 is 0 Å². The topological polar surface area (TPSA) is 15.3 Å². The molecule has 1 saturated heterocycles. The molecule has 1 heterocycles. The summed E-state index contributed by atoms with van der Waals surface area (Å²) >= 11 is 1.96. The van der Waals surface area contributed by atoms with Crippen molar-refractivity contribution in [2.75, 3.05) is 32.9 Å². The summed E-state index contributed by atoms with van der Waals surface area (Å²) in [6, 6.07) is 0.739. The highest BCUT2D eigenvalue weighted by atomic mass is 32.2. The molecule has 0 aromatic heterocycles. The van der Waals surface area contributed by atoms with Gasteiger partial charge in [-0.15, -0.1) is 0 Å². The number of piperidine rings is 1. The zero-order valence-electron chi connectivity index (χ0n) is 9.75. The number of likely N-dealkylation sites (N-methyl/N-ethyl adjacent to an activating group) is 1. The van der Waals surface area contributed by atoms with Crippen LogP contribution in [0, 0.1) is 0 Å². The van der Waals surface area contributed by atoms with E-state index < -0.39 is 0 Å². The van der Waals surface area contributed by atoms with Gasteiger partial charge >= 0.3 is 0 Å². The maximum absolute atomic E-state index is 3.66. The van der Waals surface area contributed by atoms with Crippen LogP contribution in [0.25, 0.3) is 0 Å². The Kier molecular flexibility index (Phi) is 5.90. The second-order valence-corrected chi connectivity index (χ2v) is 5.67. The number of likely N-dealkylation sites (tertiary alicyclic amines) is 1. The van der Waals surface area contributed by atoms with E-state index in [-0.39, 0.29) is 0 Å².